The summed E-state index contributed by atoms with van der Waals surface area (Å²) in [6.45, 7) is 6.74. The molecular weight excluding hydrogens is 184 g/mol. The second-order valence-corrected chi connectivity index (χ2v) is 5.73. The van der Waals surface area contributed by atoms with Crippen LogP contribution < -0.4 is 4.57 Å². The predicted molar refractivity (Wildman–Crippen MR) is 61.7 cm³/mol. The van der Waals surface area contributed by atoms with Crippen LogP contribution in [0.2, 0.25) is 0 Å². The highest BCUT2D eigenvalue weighted by Crippen LogP contribution is 2.27. The van der Waals surface area contributed by atoms with Crippen molar-refractivity contribution in [1.82, 2.24) is 4.57 Å². The van der Waals surface area contributed by atoms with Crippen LogP contribution in [-0.4, -0.2) is 4.57 Å². The van der Waals surface area contributed by atoms with Crippen LogP contribution in [0.25, 0.3) is 0 Å². The van der Waals surface area contributed by atoms with Gasteiger partial charge in [0.05, 0.1) is 0 Å². The highest BCUT2D eigenvalue weighted by atomic mass is 15.2. The number of nitrogens with zero attached hydrogens (tertiary/aromatic N) is 2. The van der Waals surface area contributed by atoms with E-state index in [0.29, 0.717) is 0 Å². The number of hydrogen-bond acceptors (Lipinski definition) is 0. The van der Waals surface area contributed by atoms with Gasteiger partial charge in [0.25, 0.3) is 0 Å². The summed E-state index contributed by atoms with van der Waals surface area (Å²) in [7, 11) is 0. The van der Waals surface area contributed by atoms with Crippen molar-refractivity contribution in [2.75, 3.05) is 0 Å². The normalized spacial score (nSPS) is 19.4. The molecule has 1 fully saturated rings. The third-order valence-electron chi connectivity index (χ3n) is 3.43. The average molecular weight is 207 g/mol. The molecule has 0 aliphatic heterocycles. The van der Waals surface area contributed by atoms with Crippen molar-refractivity contribution < 1.29 is 4.57 Å². The van der Waals surface area contributed by atoms with Gasteiger partial charge in [-0.05, 0) is 46.5 Å². The lowest BCUT2D eigenvalue weighted by atomic mass is 9.95. The van der Waals surface area contributed by atoms with Crippen LogP contribution in [0.1, 0.15) is 58.9 Å². The maximum absolute atomic E-state index is 2.41. The van der Waals surface area contributed by atoms with Crippen molar-refractivity contribution >= 4 is 0 Å². The molecule has 0 N–H and O–H groups in total. The van der Waals surface area contributed by atoms with Gasteiger partial charge in [-0.2, -0.15) is 0 Å². The molecular formula is C13H23N2+. The molecule has 0 spiro atoms. The minimum absolute atomic E-state index is 0.208. The SMILES string of the molecule is CC(C)(C)[n+]1ccn(C2CCCCC2)c1. The fourth-order valence-corrected chi connectivity index (χ4v) is 2.36. The van der Waals surface area contributed by atoms with E-state index in [1.807, 2.05) is 0 Å². The first-order valence-electron chi connectivity index (χ1n) is 6.16. The molecule has 0 aromatic carbocycles. The molecule has 1 aromatic heterocycles. The van der Waals surface area contributed by atoms with Gasteiger partial charge in [-0.3, -0.25) is 0 Å². The monoisotopic (exact) mass is 207 g/mol. The van der Waals surface area contributed by atoms with E-state index < -0.39 is 0 Å². The van der Waals surface area contributed by atoms with E-state index in [4.69, 9.17) is 0 Å². The lowest BCUT2D eigenvalue weighted by molar-refractivity contribution is -0.753. The van der Waals surface area contributed by atoms with Crippen molar-refractivity contribution in [2.24, 2.45) is 0 Å². The van der Waals surface area contributed by atoms with E-state index in [0.717, 1.165) is 6.04 Å². The van der Waals surface area contributed by atoms with Crippen LogP contribution in [-0.2, 0) is 5.54 Å². The molecule has 15 heavy (non-hydrogen) atoms. The van der Waals surface area contributed by atoms with Crippen molar-refractivity contribution in [2.45, 2.75) is 64.5 Å². The van der Waals surface area contributed by atoms with Crippen LogP contribution in [0.15, 0.2) is 18.7 Å². The second kappa shape index (κ2) is 3.99. The summed E-state index contributed by atoms with van der Waals surface area (Å²) in [4.78, 5) is 0. The Bertz CT molecular complexity index is 314. The molecule has 84 valence electrons. The maximum Gasteiger partial charge on any atom is 0.244 e. The summed E-state index contributed by atoms with van der Waals surface area (Å²) >= 11 is 0. The number of rotatable bonds is 1. The zero-order valence-electron chi connectivity index (χ0n) is 10.2. The van der Waals surface area contributed by atoms with Gasteiger partial charge in [0.15, 0.2) is 0 Å². The van der Waals surface area contributed by atoms with Gasteiger partial charge in [-0.25, -0.2) is 9.13 Å². The van der Waals surface area contributed by atoms with Gasteiger partial charge in [0, 0.05) is 0 Å². The summed E-state index contributed by atoms with van der Waals surface area (Å²) in [5, 5.41) is 0. The summed E-state index contributed by atoms with van der Waals surface area (Å²) in [6.07, 6.45) is 13.7. The maximum atomic E-state index is 2.41. The zero-order chi connectivity index (χ0) is 10.9. The largest absolute Gasteiger partial charge is 0.244 e. The van der Waals surface area contributed by atoms with Gasteiger partial charge < -0.3 is 0 Å². The first kappa shape index (κ1) is 10.7. The molecule has 2 rings (SSSR count). The number of imidazole rings is 1. The molecule has 0 bridgehead atoms. The molecule has 1 heterocycles. The molecule has 0 saturated heterocycles. The van der Waals surface area contributed by atoms with E-state index in [9.17, 15) is 0 Å². The minimum Gasteiger partial charge on any atom is -0.234 e. The Hall–Kier alpha value is -0.790. The molecule has 1 aliphatic rings. The molecule has 0 unspecified atom stereocenters. The fraction of sp³-hybridized carbons (Fsp3) is 0.769. The average Bonchev–Trinajstić information content (AvgIpc) is 2.67. The van der Waals surface area contributed by atoms with E-state index in [-0.39, 0.29) is 5.54 Å². The Morgan fingerprint density at radius 1 is 1.13 bits per heavy atom. The van der Waals surface area contributed by atoms with Crippen LogP contribution in [0, 0.1) is 0 Å². The Morgan fingerprint density at radius 3 is 2.33 bits per heavy atom. The summed E-state index contributed by atoms with van der Waals surface area (Å²) < 4.78 is 4.71. The van der Waals surface area contributed by atoms with Gasteiger partial charge in [0.2, 0.25) is 6.33 Å². The Labute approximate surface area is 92.9 Å². The topological polar surface area (TPSA) is 8.81 Å². The molecule has 0 amide bonds. The van der Waals surface area contributed by atoms with Gasteiger partial charge in [-0.1, -0.05) is 6.42 Å². The second-order valence-electron chi connectivity index (χ2n) is 5.73. The van der Waals surface area contributed by atoms with E-state index >= 15 is 0 Å². The lowest BCUT2D eigenvalue weighted by Crippen LogP contribution is -2.48. The van der Waals surface area contributed by atoms with E-state index in [1.165, 1.54) is 32.1 Å². The van der Waals surface area contributed by atoms with Gasteiger partial charge >= 0.3 is 0 Å². The quantitative estimate of drug-likeness (QED) is 0.626. The summed E-state index contributed by atoms with van der Waals surface area (Å²) in [5.74, 6) is 0. The minimum atomic E-state index is 0.208. The smallest absolute Gasteiger partial charge is 0.234 e. The molecule has 0 atom stereocenters. The van der Waals surface area contributed by atoms with Gasteiger partial charge in [-0.15, -0.1) is 0 Å². The summed E-state index contributed by atoms with van der Waals surface area (Å²) in [6, 6.07) is 0.752. The van der Waals surface area contributed by atoms with Crippen molar-refractivity contribution in [3.63, 3.8) is 0 Å². The number of hydrogen-bond donors (Lipinski definition) is 0. The Morgan fingerprint density at radius 2 is 1.80 bits per heavy atom. The first-order chi connectivity index (χ1) is 7.07. The van der Waals surface area contributed by atoms with Crippen LogP contribution >= 0.6 is 0 Å². The van der Waals surface area contributed by atoms with Crippen LogP contribution in [0.4, 0.5) is 0 Å². The summed E-state index contributed by atoms with van der Waals surface area (Å²) in [5.41, 5.74) is 0.208. The van der Waals surface area contributed by atoms with Crippen molar-refractivity contribution in [3.8, 4) is 0 Å². The highest BCUT2D eigenvalue weighted by Gasteiger charge is 2.23. The van der Waals surface area contributed by atoms with Gasteiger partial charge in [0.1, 0.15) is 24.0 Å². The molecule has 1 saturated carbocycles. The third kappa shape index (κ3) is 2.42. The first-order valence-corrected chi connectivity index (χ1v) is 6.16. The Balaban J connectivity index is 2.12. The third-order valence-corrected chi connectivity index (χ3v) is 3.43. The zero-order valence-corrected chi connectivity index (χ0v) is 10.2. The molecule has 1 aliphatic carbocycles. The Kier molecular flexibility index (Phi) is 2.85. The van der Waals surface area contributed by atoms with E-state index in [1.54, 1.807) is 0 Å². The standard InChI is InChI=1S/C13H23N2/c1-13(2,3)15-10-9-14(11-15)12-7-5-4-6-8-12/h9-12H,4-8H2,1-3H3/q+1. The highest BCUT2D eigenvalue weighted by molar-refractivity contribution is 4.78. The van der Waals surface area contributed by atoms with Crippen molar-refractivity contribution in [1.29, 1.82) is 0 Å². The van der Waals surface area contributed by atoms with E-state index in [2.05, 4.69) is 48.6 Å². The molecule has 2 nitrogen and oxygen atoms in total. The molecule has 2 heteroatoms. The van der Waals surface area contributed by atoms with Crippen LogP contribution in [0.3, 0.4) is 0 Å². The molecule has 1 aromatic rings. The lowest BCUT2D eigenvalue weighted by Gasteiger charge is -2.19. The number of aromatic nitrogens is 2. The predicted octanol–water partition coefficient (Wildman–Crippen LogP) is 3.04. The fourth-order valence-electron chi connectivity index (χ4n) is 2.36. The van der Waals surface area contributed by atoms with Crippen molar-refractivity contribution in [3.05, 3.63) is 18.7 Å². The van der Waals surface area contributed by atoms with Crippen LogP contribution in [0.5, 0.6) is 0 Å². The molecule has 0 radical (unpaired) electrons.